The van der Waals surface area contributed by atoms with Crippen molar-refractivity contribution in [2.75, 3.05) is 5.32 Å². The molecule has 0 bridgehead atoms. The third-order valence-corrected chi connectivity index (χ3v) is 5.85. The molecule has 3 rings (SSSR count). The van der Waals surface area contributed by atoms with Crippen LogP contribution in [0.5, 0.6) is 0 Å². The smallest absolute Gasteiger partial charge is 0.302 e. The summed E-state index contributed by atoms with van der Waals surface area (Å²) in [4.78, 5) is 16.3. The summed E-state index contributed by atoms with van der Waals surface area (Å²) < 4.78 is 46.7. The van der Waals surface area contributed by atoms with Gasteiger partial charge in [-0.1, -0.05) is 18.5 Å². The second kappa shape index (κ2) is 7.86. The van der Waals surface area contributed by atoms with E-state index in [9.17, 15) is 17.6 Å². The summed E-state index contributed by atoms with van der Waals surface area (Å²) in [5, 5.41) is 2.75. The highest BCUT2D eigenvalue weighted by Gasteiger charge is 2.22. The molecule has 0 saturated carbocycles. The van der Waals surface area contributed by atoms with Gasteiger partial charge < -0.3 is 4.42 Å². The quantitative estimate of drug-likeness (QED) is 0.622. The molecule has 0 radical (unpaired) electrons. The first-order valence-electron chi connectivity index (χ1n) is 8.39. The Hall–Kier alpha value is -2.49. The Morgan fingerprint density at radius 1 is 1.29 bits per heavy atom. The monoisotopic (exact) mass is 425 g/mol. The van der Waals surface area contributed by atoms with Crippen LogP contribution in [0.25, 0.3) is 11.1 Å². The number of nitrogens with zero attached hydrogens (tertiary/aromatic N) is 1. The number of aromatic nitrogens is 1. The van der Waals surface area contributed by atoms with Crippen LogP contribution in [-0.2, 0) is 10.0 Å². The third kappa shape index (κ3) is 4.32. The number of amides is 1. The molecule has 148 valence electrons. The van der Waals surface area contributed by atoms with E-state index in [0.717, 1.165) is 18.2 Å². The Morgan fingerprint density at radius 3 is 2.75 bits per heavy atom. The lowest BCUT2D eigenvalue weighted by molar-refractivity contribution is 0.102. The van der Waals surface area contributed by atoms with Crippen molar-refractivity contribution < 1.29 is 22.0 Å². The summed E-state index contributed by atoms with van der Waals surface area (Å²) >= 11 is 5.87. The second-order valence-corrected chi connectivity index (χ2v) is 8.31. The fourth-order valence-electron chi connectivity index (χ4n) is 2.38. The largest absolute Gasteiger partial charge is 0.423 e. The van der Waals surface area contributed by atoms with Crippen molar-refractivity contribution in [3.8, 4) is 0 Å². The topological polar surface area (TPSA) is 101 Å². The van der Waals surface area contributed by atoms with Gasteiger partial charge >= 0.3 is 6.01 Å². The van der Waals surface area contributed by atoms with E-state index in [1.807, 2.05) is 6.92 Å². The van der Waals surface area contributed by atoms with Crippen molar-refractivity contribution in [2.24, 2.45) is 0 Å². The summed E-state index contributed by atoms with van der Waals surface area (Å²) in [5.74, 6) is -1.77. The third-order valence-electron chi connectivity index (χ3n) is 4.03. The summed E-state index contributed by atoms with van der Waals surface area (Å²) in [7, 11) is -3.89. The van der Waals surface area contributed by atoms with Crippen molar-refractivity contribution in [3.63, 3.8) is 0 Å². The predicted octanol–water partition coefficient (Wildman–Crippen LogP) is 3.95. The molecule has 28 heavy (non-hydrogen) atoms. The van der Waals surface area contributed by atoms with Gasteiger partial charge in [-0.15, -0.1) is 0 Å². The Morgan fingerprint density at radius 2 is 2.04 bits per heavy atom. The molecule has 0 aliphatic carbocycles. The predicted molar refractivity (Wildman–Crippen MR) is 103 cm³/mol. The van der Waals surface area contributed by atoms with E-state index in [2.05, 4.69) is 15.0 Å². The van der Waals surface area contributed by atoms with Crippen LogP contribution in [0.4, 0.5) is 10.4 Å². The van der Waals surface area contributed by atoms with Gasteiger partial charge in [-0.05, 0) is 43.7 Å². The summed E-state index contributed by atoms with van der Waals surface area (Å²) in [6.45, 7) is 3.53. The molecule has 0 fully saturated rings. The highest BCUT2D eigenvalue weighted by molar-refractivity contribution is 7.89. The Bertz CT molecular complexity index is 1150. The Balaban J connectivity index is 1.88. The molecule has 1 amide bonds. The normalized spacial score (nSPS) is 12.9. The average Bonchev–Trinajstić information content (AvgIpc) is 3.02. The van der Waals surface area contributed by atoms with Gasteiger partial charge in [-0.2, -0.15) is 4.98 Å². The molecule has 0 unspecified atom stereocenters. The molecular formula is C18H17ClFN3O4S. The first kappa shape index (κ1) is 20.2. The van der Waals surface area contributed by atoms with E-state index < -0.39 is 27.3 Å². The van der Waals surface area contributed by atoms with Crippen LogP contribution in [0.1, 0.15) is 30.6 Å². The van der Waals surface area contributed by atoms with Crippen LogP contribution in [-0.4, -0.2) is 25.4 Å². The SMILES string of the molecule is CC[C@@H](C)NS(=O)(=O)c1ccc(F)c(C(=O)Nc2nc3ccc(Cl)cc3o2)c1. The van der Waals surface area contributed by atoms with Crippen molar-refractivity contribution in [1.82, 2.24) is 9.71 Å². The van der Waals surface area contributed by atoms with Crippen LogP contribution in [0.2, 0.25) is 5.02 Å². The molecule has 0 aliphatic heterocycles. The van der Waals surface area contributed by atoms with Gasteiger partial charge in [0.15, 0.2) is 5.58 Å². The molecule has 1 aromatic heterocycles. The molecule has 0 saturated heterocycles. The van der Waals surface area contributed by atoms with E-state index in [-0.39, 0.29) is 17.0 Å². The molecule has 2 N–H and O–H groups in total. The maximum absolute atomic E-state index is 14.2. The molecular weight excluding hydrogens is 409 g/mol. The number of nitrogens with one attached hydrogen (secondary N) is 2. The van der Waals surface area contributed by atoms with Crippen LogP contribution in [0, 0.1) is 5.82 Å². The average molecular weight is 426 g/mol. The maximum Gasteiger partial charge on any atom is 0.302 e. The van der Waals surface area contributed by atoms with Crippen molar-refractivity contribution in [1.29, 1.82) is 0 Å². The lowest BCUT2D eigenvalue weighted by Gasteiger charge is -2.13. The molecule has 1 heterocycles. The second-order valence-electron chi connectivity index (χ2n) is 6.16. The first-order chi connectivity index (χ1) is 13.2. The minimum atomic E-state index is -3.89. The zero-order valence-corrected chi connectivity index (χ0v) is 16.6. The number of halogens is 2. The fourth-order valence-corrected chi connectivity index (χ4v) is 3.89. The molecule has 2 aromatic carbocycles. The molecule has 10 heteroatoms. The molecule has 0 spiro atoms. The highest BCUT2D eigenvalue weighted by atomic mass is 35.5. The number of carbonyl (C=O) groups is 1. The minimum Gasteiger partial charge on any atom is -0.423 e. The number of sulfonamides is 1. The maximum atomic E-state index is 14.2. The zero-order chi connectivity index (χ0) is 20.5. The number of rotatable bonds is 6. The van der Waals surface area contributed by atoms with Gasteiger partial charge in [0.25, 0.3) is 5.91 Å². The van der Waals surface area contributed by atoms with Crippen LogP contribution >= 0.6 is 11.6 Å². The van der Waals surface area contributed by atoms with Crippen molar-refractivity contribution in [2.45, 2.75) is 31.2 Å². The number of oxazole rings is 1. The molecule has 0 aliphatic rings. The van der Waals surface area contributed by atoms with E-state index in [4.69, 9.17) is 16.0 Å². The Labute approximate surface area is 165 Å². The van der Waals surface area contributed by atoms with Crippen molar-refractivity contribution >= 4 is 44.6 Å². The van der Waals surface area contributed by atoms with E-state index in [1.54, 1.807) is 19.1 Å². The number of carbonyl (C=O) groups excluding carboxylic acids is 1. The first-order valence-corrected chi connectivity index (χ1v) is 10.2. The van der Waals surface area contributed by atoms with Gasteiger partial charge in [0.2, 0.25) is 10.0 Å². The molecule has 1 atom stereocenters. The summed E-state index contributed by atoms with van der Waals surface area (Å²) in [6.07, 6.45) is 0.579. The lowest BCUT2D eigenvalue weighted by atomic mass is 10.2. The van der Waals surface area contributed by atoms with E-state index in [0.29, 0.717) is 22.5 Å². The number of fused-ring (bicyclic) bond motifs is 1. The lowest BCUT2D eigenvalue weighted by Crippen LogP contribution is -2.32. The van der Waals surface area contributed by atoms with Gasteiger partial charge in [0.05, 0.1) is 10.5 Å². The van der Waals surface area contributed by atoms with Gasteiger partial charge in [0.1, 0.15) is 11.3 Å². The van der Waals surface area contributed by atoms with E-state index >= 15 is 0 Å². The summed E-state index contributed by atoms with van der Waals surface area (Å²) in [5.41, 5.74) is 0.346. The number of hydrogen-bond donors (Lipinski definition) is 2. The molecule has 7 nitrogen and oxygen atoms in total. The van der Waals surface area contributed by atoms with Crippen LogP contribution < -0.4 is 10.0 Å². The highest BCUT2D eigenvalue weighted by Crippen LogP contribution is 2.23. The van der Waals surface area contributed by atoms with Crippen LogP contribution in [0.3, 0.4) is 0 Å². The van der Waals surface area contributed by atoms with E-state index in [1.165, 1.54) is 6.07 Å². The zero-order valence-electron chi connectivity index (χ0n) is 15.0. The Kier molecular flexibility index (Phi) is 5.69. The van der Waals surface area contributed by atoms with Gasteiger partial charge in [-0.25, -0.2) is 17.5 Å². The number of anilines is 1. The molecule has 3 aromatic rings. The number of hydrogen-bond acceptors (Lipinski definition) is 5. The van der Waals surface area contributed by atoms with Crippen molar-refractivity contribution in [3.05, 3.63) is 52.8 Å². The van der Waals surface area contributed by atoms with Crippen LogP contribution in [0.15, 0.2) is 45.7 Å². The fraction of sp³-hybridized carbons (Fsp3) is 0.222. The number of benzene rings is 2. The summed E-state index contributed by atoms with van der Waals surface area (Å²) in [6, 6.07) is 7.25. The van der Waals surface area contributed by atoms with Gasteiger partial charge in [0, 0.05) is 17.1 Å². The standard InChI is InChI=1S/C18H17ClFN3O4S/c1-3-10(2)23-28(25,26)12-5-6-14(20)13(9-12)17(24)22-18-21-15-7-4-11(19)8-16(15)27-18/h4-10,23H,3H2,1-2H3,(H,21,22,24)/t10-/m1/s1. The van der Waals surface area contributed by atoms with Gasteiger partial charge in [-0.3, -0.25) is 10.1 Å². The minimum absolute atomic E-state index is 0.160.